The standard InChI is InChI=1S/C21H20N2O3/c1-14-8-9-15-6-4-5-7-18(15)20(14)21(24)23-22-13-16-10-11-17(25-2)12-19(16)26-3/h4-13H,1-3H3,(H,23,24)/b22-13-. The molecule has 0 aliphatic rings. The second-order valence-corrected chi connectivity index (χ2v) is 5.79. The molecular formula is C21H20N2O3. The van der Waals surface area contributed by atoms with Crippen molar-refractivity contribution in [2.75, 3.05) is 14.2 Å². The van der Waals surface area contributed by atoms with E-state index in [1.54, 1.807) is 32.6 Å². The van der Waals surface area contributed by atoms with Gasteiger partial charge in [-0.15, -0.1) is 0 Å². The molecule has 3 aromatic rings. The average Bonchev–Trinajstić information content (AvgIpc) is 2.67. The van der Waals surface area contributed by atoms with Crippen LogP contribution in [0.1, 0.15) is 21.5 Å². The molecule has 0 unspecified atom stereocenters. The lowest BCUT2D eigenvalue weighted by Crippen LogP contribution is -2.19. The predicted molar refractivity (Wildman–Crippen MR) is 103 cm³/mol. The van der Waals surface area contributed by atoms with Gasteiger partial charge in [0.05, 0.1) is 26.0 Å². The van der Waals surface area contributed by atoms with Crippen LogP contribution < -0.4 is 14.9 Å². The molecule has 0 fully saturated rings. The molecule has 0 saturated heterocycles. The Kier molecular flexibility index (Phi) is 5.17. The fraction of sp³-hybridized carbons (Fsp3) is 0.143. The molecule has 3 aromatic carbocycles. The number of hydrogen-bond donors (Lipinski definition) is 1. The number of benzene rings is 3. The van der Waals surface area contributed by atoms with Gasteiger partial charge in [0.25, 0.3) is 5.91 Å². The predicted octanol–water partition coefficient (Wildman–Crippen LogP) is 3.93. The number of hydrazone groups is 1. The molecule has 26 heavy (non-hydrogen) atoms. The first kappa shape index (κ1) is 17.5. The van der Waals surface area contributed by atoms with Gasteiger partial charge in [0.15, 0.2) is 0 Å². The lowest BCUT2D eigenvalue weighted by atomic mass is 9.99. The van der Waals surface area contributed by atoms with Gasteiger partial charge in [0.1, 0.15) is 11.5 Å². The van der Waals surface area contributed by atoms with Crippen molar-refractivity contribution in [1.82, 2.24) is 5.43 Å². The topological polar surface area (TPSA) is 59.9 Å². The van der Waals surface area contributed by atoms with Crippen molar-refractivity contribution in [1.29, 1.82) is 0 Å². The quantitative estimate of drug-likeness (QED) is 0.561. The third-order valence-electron chi connectivity index (χ3n) is 4.17. The van der Waals surface area contributed by atoms with E-state index in [0.29, 0.717) is 17.1 Å². The number of methoxy groups -OCH3 is 2. The maximum Gasteiger partial charge on any atom is 0.272 e. The molecule has 0 aliphatic heterocycles. The molecule has 0 atom stereocenters. The zero-order chi connectivity index (χ0) is 18.5. The summed E-state index contributed by atoms with van der Waals surface area (Å²) in [4.78, 5) is 12.6. The third-order valence-corrected chi connectivity index (χ3v) is 4.17. The molecule has 1 amide bonds. The number of aryl methyl sites for hydroxylation is 1. The highest BCUT2D eigenvalue weighted by Gasteiger charge is 2.12. The lowest BCUT2D eigenvalue weighted by molar-refractivity contribution is 0.0956. The Morgan fingerprint density at radius 1 is 1.04 bits per heavy atom. The molecule has 5 nitrogen and oxygen atoms in total. The summed E-state index contributed by atoms with van der Waals surface area (Å²) in [6.07, 6.45) is 1.55. The summed E-state index contributed by atoms with van der Waals surface area (Å²) in [5.74, 6) is 1.06. The number of carbonyl (C=O) groups is 1. The highest BCUT2D eigenvalue weighted by Crippen LogP contribution is 2.24. The minimum atomic E-state index is -0.247. The van der Waals surface area contributed by atoms with Crippen molar-refractivity contribution in [3.05, 3.63) is 71.3 Å². The summed E-state index contributed by atoms with van der Waals surface area (Å²) in [6.45, 7) is 1.91. The molecular weight excluding hydrogens is 328 g/mol. The first-order chi connectivity index (χ1) is 12.6. The van der Waals surface area contributed by atoms with Crippen LogP contribution in [-0.2, 0) is 0 Å². The molecule has 0 radical (unpaired) electrons. The number of nitrogens with one attached hydrogen (secondary N) is 1. The number of carbonyl (C=O) groups excluding carboxylic acids is 1. The van der Waals surface area contributed by atoms with E-state index in [1.165, 1.54) is 0 Å². The third kappa shape index (κ3) is 3.52. The van der Waals surface area contributed by atoms with Crippen molar-refractivity contribution in [3.63, 3.8) is 0 Å². The fourth-order valence-corrected chi connectivity index (χ4v) is 2.82. The highest BCUT2D eigenvalue weighted by molar-refractivity contribution is 6.08. The molecule has 1 N–H and O–H groups in total. The number of amides is 1. The van der Waals surface area contributed by atoms with E-state index in [1.807, 2.05) is 49.4 Å². The monoisotopic (exact) mass is 348 g/mol. The van der Waals surface area contributed by atoms with Crippen LogP contribution in [-0.4, -0.2) is 26.3 Å². The number of hydrogen-bond acceptors (Lipinski definition) is 4. The average molecular weight is 348 g/mol. The Labute approximate surface area is 152 Å². The Balaban J connectivity index is 1.84. The number of fused-ring (bicyclic) bond motifs is 1. The van der Waals surface area contributed by atoms with Crippen molar-refractivity contribution in [3.8, 4) is 11.5 Å². The van der Waals surface area contributed by atoms with E-state index in [4.69, 9.17) is 9.47 Å². The maximum atomic E-state index is 12.6. The lowest BCUT2D eigenvalue weighted by Gasteiger charge is -2.09. The van der Waals surface area contributed by atoms with Gasteiger partial charge in [-0.05, 0) is 35.4 Å². The summed E-state index contributed by atoms with van der Waals surface area (Å²) in [5, 5.41) is 6.01. The normalized spacial score (nSPS) is 10.9. The second kappa shape index (κ2) is 7.70. The first-order valence-electron chi connectivity index (χ1n) is 8.18. The van der Waals surface area contributed by atoms with E-state index >= 15 is 0 Å². The van der Waals surface area contributed by atoms with Gasteiger partial charge in [0, 0.05) is 11.6 Å². The van der Waals surface area contributed by atoms with Crippen LogP contribution in [0, 0.1) is 6.92 Å². The van der Waals surface area contributed by atoms with Gasteiger partial charge in [0.2, 0.25) is 0 Å². The molecule has 0 saturated carbocycles. The largest absolute Gasteiger partial charge is 0.497 e. The van der Waals surface area contributed by atoms with Gasteiger partial charge in [-0.3, -0.25) is 4.79 Å². The highest BCUT2D eigenvalue weighted by atomic mass is 16.5. The van der Waals surface area contributed by atoms with Crippen molar-refractivity contribution in [2.24, 2.45) is 5.10 Å². The van der Waals surface area contributed by atoms with Gasteiger partial charge in [-0.2, -0.15) is 5.10 Å². The van der Waals surface area contributed by atoms with Crippen molar-refractivity contribution in [2.45, 2.75) is 6.92 Å². The summed E-state index contributed by atoms with van der Waals surface area (Å²) >= 11 is 0. The smallest absolute Gasteiger partial charge is 0.272 e. The fourth-order valence-electron chi connectivity index (χ4n) is 2.82. The molecule has 0 aromatic heterocycles. The Bertz CT molecular complexity index is 980. The van der Waals surface area contributed by atoms with Crippen LogP contribution in [0.3, 0.4) is 0 Å². The molecule has 5 heteroatoms. The van der Waals surface area contributed by atoms with Crippen LogP contribution in [0.15, 0.2) is 59.7 Å². The first-order valence-corrected chi connectivity index (χ1v) is 8.18. The zero-order valence-corrected chi connectivity index (χ0v) is 14.9. The van der Waals surface area contributed by atoms with E-state index in [0.717, 1.165) is 21.9 Å². The van der Waals surface area contributed by atoms with Crippen molar-refractivity contribution >= 4 is 22.9 Å². The Hall–Kier alpha value is -3.34. The van der Waals surface area contributed by atoms with Crippen LogP contribution in [0.2, 0.25) is 0 Å². The molecule has 0 spiro atoms. The van der Waals surface area contributed by atoms with Gasteiger partial charge < -0.3 is 9.47 Å². The molecule has 0 aliphatic carbocycles. The summed E-state index contributed by atoms with van der Waals surface area (Å²) in [6, 6.07) is 17.1. The van der Waals surface area contributed by atoms with E-state index in [-0.39, 0.29) is 5.91 Å². The molecule has 3 rings (SSSR count). The summed E-state index contributed by atoms with van der Waals surface area (Å²) in [7, 11) is 3.17. The van der Waals surface area contributed by atoms with Crippen LogP contribution in [0.5, 0.6) is 11.5 Å². The zero-order valence-electron chi connectivity index (χ0n) is 14.9. The van der Waals surface area contributed by atoms with E-state index in [9.17, 15) is 4.79 Å². The van der Waals surface area contributed by atoms with E-state index in [2.05, 4.69) is 10.5 Å². The number of ether oxygens (including phenoxy) is 2. The van der Waals surface area contributed by atoms with Crippen molar-refractivity contribution < 1.29 is 14.3 Å². The minimum Gasteiger partial charge on any atom is -0.497 e. The number of rotatable bonds is 5. The van der Waals surface area contributed by atoms with Crippen LogP contribution in [0.25, 0.3) is 10.8 Å². The van der Waals surface area contributed by atoms with Crippen LogP contribution in [0.4, 0.5) is 0 Å². The van der Waals surface area contributed by atoms with Gasteiger partial charge in [-0.1, -0.05) is 36.4 Å². The maximum absolute atomic E-state index is 12.6. The SMILES string of the molecule is COc1ccc(/C=N\NC(=O)c2c(C)ccc3ccccc23)c(OC)c1. The number of nitrogens with zero attached hydrogens (tertiary/aromatic N) is 1. The van der Waals surface area contributed by atoms with Crippen LogP contribution >= 0.6 is 0 Å². The Morgan fingerprint density at radius 3 is 2.62 bits per heavy atom. The summed E-state index contributed by atoms with van der Waals surface area (Å²) in [5.41, 5.74) is 4.87. The van der Waals surface area contributed by atoms with Gasteiger partial charge >= 0.3 is 0 Å². The Morgan fingerprint density at radius 2 is 1.85 bits per heavy atom. The molecule has 0 heterocycles. The van der Waals surface area contributed by atoms with E-state index < -0.39 is 0 Å². The molecule has 0 bridgehead atoms. The molecule has 132 valence electrons. The minimum absolute atomic E-state index is 0.247. The second-order valence-electron chi connectivity index (χ2n) is 5.79. The van der Waals surface area contributed by atoms with Gasteiger partial charge in [-0.25, -0.2) is 5.43 Å². The summed E-state index contributed by atoms with van der Waals surface area (Å²) < 4.78 is 10.5.